The summed E-state index contributed by atoms with van der Waals surface area (Å²) >= 11 is 0. The van der Waals surface area contributed by atoms with Gasteiger partial charge in [-0.25, -0.2) is 4.79 Å². The van der Waals surface area contributed by atoms with E-state index in [-0.39, 0.29) is 5.56 Å². The standard InChI is InChI=1S/C21H28N2O7/c1-13(2)8-9-21(3)19(26)23(20(27)22-21)11-18(25)30-12-16(24)15-10-14(28-4)6-7-17(15)29-5/h6-7,10,13H,8-9,11-12H2,1-5H3,(H,22,27)/t21-/m1/s1. The van der Waals surface area contributed by atoms with E-state index in [0.717, 1.165) is 11.3 Å². The Kier molecular flexibility index (Phi) is 7.42. The maximum absolute atomic E-state index is 12.6. The number of benzene rings is 1. The molecule has 1 aromatic carbocycles. The van der Waals surface area contributed by atoms with Crippen LogP contribution in [-0.2, 0) is 14.3 Å². The third kappa shape index (κ3) is 5.28. The molecule has 0 unspecified atom stereocenters. The van der Waals surface area contributed by atoms with Crippen LogP contribution in [0.2, 0.25) is 0 Å². The average Bonchev–Trinajstić information content (AvgIpc) is 2.93. The van der Waals surface area contributed by atoms with Crippen molar-refractivity contribution < 1.29 is 33.4 Å². The van der Waals surface area contributed by atoms with E-state index < -0.39 is 42.4 Å². The minimum absolute atomic E-state index is 0.195. The maximum atomic E-state index is 12.6. The minimum atomic E-state index is -1.05. The molecule has 1 heterocycles. The Labute approximate surface area is 175 Å². The second-order valence-corrected chi connectivity index (χ2v) is 7.74. The number of urea groups is 1. The largest absolute Gasteiger partial charge is 0.497 e. The molecule has 1 fully saturated rings. The van der Waals surface area contributed by atoms with Crippen molar-refractivity contribution in [3.8, 4) is 11.5 Å². The van der Waals surface area contributed by atoms with Gasteiger partial charge in [-0.2, -0.15) is 0 Å². The molecule has 0 spiro atoms. The fourth-order valence-corrected chi connectivity index (χ4v) is 3.07. The van der Waals surface area contributed by atoms with Gasteiger partial charge in [0, 0.05) is 0 Å². The van der Waals surface area contributed by atoms with E-state index in [1.165, 1.54) is 20.3 Å². The fraction of sp³-hybridized carbons (Fsp3) is 0.524. The molecule has 0 aromatic heterocycles. The molecule has 1 aliphatic rings. The Morgan fingerprint density at radius 1 is 1.17 bits per heavy atom. The molecular weight excluding hydrogens is 392 g/mol. The number of Topliss-reactive ketones (excluding diaryl/α,β-unsaturated/α-hetero) is 1. The smallest absolute Gasteiger partial charge is 0.326 e. The second kappa shape index (κ2) is 9.60. The van der Waals surface area contributed by atoms with Crippen molar-refractivity contribution in [3.63, 3.8) is 0 Å². The molecule has 1 aliphatic heterocycles. The van der Waals surface area contributed by atoms with Gasteiger partial charge >= 0.3 is 12.0 Å². The highest BCUT2D eigenvalue weighted by Crippen LogP contribution is 2.26. The first-order chi connectivity index (χ1) is 14.1. The predicted molar refractivity (Wildman–Crippen MR) is 108 cm³/mol. The summed E-state index contributed by atoms with van der Waals surface area (Å²) < 4.78 is 15.2. The third-order valence-electron chi connectivity index (χ3n) is 4.93. The van der Waals surface area contributed by atoms with E-state index in [9.17, 15) is 19.2 Å². The number of amides is 3. The van der Waals surface area contributed by atoms with Gasteiger partial charge < -0.3 is 19.5 Å². The molecule has 30 heavy (non-hydrogen) atoms. The van der Waals surface area contributed by atoms with Gasteiger partial charge in [0.1, 0.15) is 23.6 Å². The Bertz CT molecular complexity index is 837. The van der Waals surface area contributed by atoms with Crippen molar-refractivity contribution in [1.29, 1.82) is 0 Å². The number of hydrogen-bond acceptors (Lipinski definition) is 7. The van der Waals surface area contributed by atoms with Crippen LogP contribution in [0.25, 0.3) is 0 Å². The molecule has 3 amide bonds. The molecule has 1 atom stereocenters. The van der Waals surface area contributed by atoms with E-state index in [0.29, 0.717) is 23.8 Å². The van der Waals surface area contributed by atoms with E-state index in [2.05, 4.69) is 5.32 Å². The van der Waals surface area contributed by atoms with E-state index in [1.807, 2.05) is 13.8 Å². The summed E-state index contributed by atoms with van der Waals surface area (Å²) in [7, 11) is 2.88. The molecular formula is C21H28N2O7. The molecule has 0 radical (unpaired) electrons. The van der Waals surface area contributed by atoms with Crippen LogP contribution >= 0.6 is 0 Å². The number of imide groups is 1. The monoisotopic (exact) mass is 420 g/mol. The van der Waals surface area contributed by atoms with E-state index in [4.69, 9.17) is 14.2 Å². The number of rotatable bonds is 10. The van der Waals surface area contributed by atoms with Gasteiger partial charge in [-0.15, -0.1) is 0 Å². The second-order valence-electron chi connectivity index (χ2n) is 7.74. The third-order valence-corrected chi connectivity index (χ3v) is 4.93. The van der Waals surface area contributed by atoms with Gasteiger partial charge in [-0.1, -0.05) is 13.8 Å². The van der Waals surface area contributed by atoms with Gasteiger partial charge in [0.05, 0.1) is 19.8 Å². The van der Waals surface area contributed by atoms with Crippen LogP contribution < -0.4 is 14.8 Å². The number of methoxy groups -OCH3 is 2. The highest BCUT2D eigenvalue weighted by molar-refractivity contribution is 6.08. The summed E-state index contributed by atoms with van der Waals surface area (Å²) in [6.07, 6.45) is 1.21. The van der Waals surface area contributed by atoms with Crippen LogP contribution in [0, 0.1) is 5.92 Å². The summed E-state index contributed by atoms with van der Waals surface area (Å²) in [6.45, 7) is 4.56. The lowest BCUT2D eigenvalue weighted by Gasteiger charge is -2.22. The number of carbonyl (C=O) groups excluding carboxylic acids is 4. The number of ketones is 1. The molecule has 1 saturated heterocycles. The van der Waals surface area contributed by atoms with Crippen molar-refractivity contribution in [1.82, 2.24) is 10.2 Å². The summed E-state index contributed by atoms with van der Waals surface area (Å²) in [4.78, 5) is 50.3. The average molecular weight is 420 g/mol. The molecule has 9 nitrogen and oxygen atoms in total. The van der Waals surface area contributed by atoms with Gasteiger partial charge in [-0.05, 0) is 43.9 Å². The van der Waals surface area contributed by atoms with Crippen LogP contribution in [0.1, 0.15) is 44.0 Å². The zero-order chi connectivity index (χ0) is 22.5. The number of hydrogen-bond donors (Lipinski definition) is 1. The number of ether oxygens (including phenoxy) is 3. The van der Waals surface area contributed by atoms with E-state index in [1.54, 1.807) is 19.1 Å². The van der Waals surface area contributed by atoms with E-state index >= 15 is 0 Å². The van der Waals surface area contributed by atoms with Crippen LogP contribution in [0.15, 0.2) is 18.2 Å². The predicted octanol–water partition coefficient (Wildman–Crippen LogP) is 2.18. The van der Waals surface area contributed by atoms with Crippen molar-refractivity contribution in [2.45, 2.75) is 39.2 Å². The molecule has 164 valence electrons. The number of esters is 1. The number of nitrogens with one attached hydrogen (secondary N) is 1. The summed E-state index contributed by atoms with van der Waals surface area (Å²) in [6, 6.07) is 4.03. The van der Waals surface area contributed by atoms with Gasteiger partial charge in [-0.3, -0.25) is 19.3 Å². The number of carbonyl (C=O) groups is 4. The van der Waals surface area contributed by atoms with Crippen LogP contribution in [-0.4, -0.2) is 61.5 Å². The summed E-state index contributed by atoms with van der Waals surface area (Å²) in [5.41, 5.74) is -0.855. The Balaban J connectivity index is 1.97. The Morgan fingerprint density at radius 2 is 1.87 bits per heavy atom. The molecule has 1 aromatic rings. The normalized spacial score (nSPS) is 18.4. The highest BCUT2D eigenvalue weighted by Gasteiger charge is 2.48. The van der Waals surface area contributed by atoms with Crippen LogP contribution in [0.5, 0.6) is 11.5 Å². The van der Waals surface area contributed by atoms with Gasteiger partial charge in [0.2, 0.25) is 5.78 Å². The summed E-state index contributed by atoms with van der Waals surface area (Å²) in [5.74, 6) is -0.715. The topological polar surface area (TPSA) is 111 Å². The first-order valence-corrected chi connectivity index (χ1v) is 9.66. The highest BCUT2D eigenvalue weighted by atomic mass is 16.5. The van der Waals surface area contributed by atoms with Crippen molar-refractivity contribution in [2.24, 2.45) is 5.92 Å². The molecule has 9 heteroatoms. The quantitative estimate of drug-likeness (QED) is 0.351. The van der Waals surface area contributed by atoms with Crippen molar-refractivity contribution in [2.75, 3.05) is 27.4 Å². The fourth-order valence-electron chi connectivity index (χ4n) is 3.07. The lowest BCUT2D eigenvalue weighted by Crippen LogP contribution is -2.44. The molecule has 0 aliphatic carbocycles. The van der Waals surface area contributed by atoms with Gasteiger partial charge in [0.15, 0.2) is 6.61 Å². The first kappa shape index (κ1) is 23.2. The van der Waals surface area contributed by atoms with Gasteiger partial charge in [0.25, 0.3) is 5.91 Å². The SMILES string of the molecule is COc1ccc(OC)c(C(=O)COC(=O)CN2C(=O)N[C@](C)(CCC(C)C)C2=O)c1. The zero-order valence-corrected chi connectivity index (χ0v) is 17.9. The minimum Gasteiger partial charge on any atom is -0.497 e. The lowest BCUT2D eigenvalue weighted by atomic mass is 9.92. The Hall–Kier alpha value is -3.10. The first-order valence-electron chi connectivity index (χ1n) is 9.66. The van der Waals surface area contributed by atoms with Crippen LogP contribution in [0.3, 0.4) is 0 Å². The molecule has 2 rings (SSSR count). The molecule has 1 N–H and O–H groups in total. The zero-order valence-electron chi connectivity index (χ0n) is 17.9. The summed E-state index contributed by atoms with van der Waals surface area (Å²) in [5, 5.41) is 2.64. The Morgan fingerprint density at radius 3 is 2.47 bits per heavy atom. The van der Waals surface area contributed by atoms with Crippen molar-refractivity contribution >= 4 is 23.7 Å². The number of nitrogens with zero attached hydrogens (tertiary/aromatic N) is 1. The molecule has 0 saturated carbocycles. The lowest BCUT2D eigenvalue weighted by molar-refractivity contribution is -0.146. The van der Waals surface area contributed by atoms with Crippen LogP contribution in [0.4, 0.5) is 4.79 Å². The molecule has 0 bridgehead atoms. The van der Waals surface area contributed by atoms with Crippen molar-refractivity contribution in [3.05, 3.63) is 23.8 Å². The maximum Gasteiger partial charge on any atom is 0.326 e.